The summed E-state index contributed by atoms with van der Waals surface area (Å²) in [6.07, 6.45) is 0.769. The number of H-pyrrole nitrogens is 2. The average Bonchev–Trinajstić information content (AvgIpc) is 3.16. The molecule has 1 aromatic carbocycles. The Morgan fingerprint density at radius 3 is 2.96 bits per heavy atom. The maximum atomic E-state index is 12.2. The Labute approximate surface area is 166 Å². The molecule has 7 nitrogen and oxygen atoms in total. The average molecular weight is 394 g/mol. The third kappa shape index (κ3) is 3.21. The van der Waals surface area contributed by atoms with Crippen molar-refractivity contribution in [2.24, 2.45) is 0 Å². The smallest absolute Gasteiger partial charge is 0.256 e. The first-order valence-corrected chi connectivity index (χ1v) is 9.49. The van der Waals surface area contributed by atoms with E-state index >= 15 is 0 Å². The van der Waals surface area contributed by atoms with Crippen LogP contribution in [0.4, 0.5) is 0 Å². The first-order chi connectivity index (χ1) is 13.7. The van der Waals surface area contributed by atoms with Crippen LogP contribution in [0.2, 0.25) is 0 Å². The molecule has 2 aliphatic rings. The number of aromatic nitrogens is 3. The van der Waals surface area contributed by atoms with Crippen LogP contribution in [-0.2, 0) is 19.5 Å². The molecule has 142 valence electrons. The van der Waals surface area contributed by atoms with Gasteiger partial charge in [0.25, 0.3) is 5.56 Å². The second-order valence-electron chi connectivity index (χ2n) is 6.91. The summed E-state index contributed by atoms with van der Waals surface area (Å²) in [4.78, 5) is 25.0. The molecule has 0 fully saturated rings. The SMILES string of the molecule is O=c1[nH]c(=S)[nH]c2c1CN(Cc1cccc(-c3ccc4c(c3)OCO4)n1)CC2. The van der Waals surface area contributed by atoms with E-state index < -0.39 is 0 Å². The summed E-state index contributed by atoms with van der Waals surface area (Å²) >= 11 is 5.06. The van der Waals surface area contributed by atoms with Gasteiger partial charge in [0.1, 0.15) is 0 Å². The van der Waals surface area contributed by atoms with Crippen molar-refractivity contribution < 1.29 is 9.47 Å². The van der Waals surface area contributed by atoms with Crippen molar-refractivity contribution in [1.82, 2.24) is 19.9 Å². The Kier molecular flexibility index (Phi) is 4.22. The van der Waals surface area contributed by atoms with Crippen LogP contribution in [0.25, 0.3) is 11.3 Å². The molecule has 0 unspecified atom stereocenters. The molecule has 0 bridgehead atoms. The third-order valence-electron chi connectivity index (χ3n) is 5.05. The van der Waals surface area contributed by atoms with Gasteiger partial charge in [-0.25, -0.2) is 0 Å². The largest absolute Gasteiger partial charge is 0.454 e. The van der Waals surface area contributed by atoms with Crippen LogP contribution >= 0.6 is 12.2 Å². The number of nitrogens with one attached hydrogen (secondary N) is 2. The highest BCUT2D eigenvalue weighted by molar-refractivity contribution is 7.71. The number of hydrogen-bond donors (Lipinski definition) is 2. The molecule has 0 saturated carbocycles. The number of nitrogens with zero attached hydrogens (tertiary/aromatic N) is 2. The second kappa shape index (κ2) is 6.88. The van der Waals surface area contributed by atoms with E-state index in [1.807, 2.05) is 36.4 Å². The van der Waals surface area contributed by atoms with Crippen molar-refractivity contribution in [2.75, 3.05) is 13.3 Å². The fourth-order valence-electron chi connectivity index (χ4n) is 3.66. The van der Waals surface area contributed by atoms with Crippen molar-refractivity contribution >= 4 is 12.2 Å². The van der Waals surface area contributed by atoms with Crippen molar-refractivity contribution in [3.63, 3.8) is 0 Å². The van der Waals surface area contributed by atoms with E-state index in [1.165, 1.54) is 0 Å². The fourth-order valence-corrected chi connectivity index (χ4v) is 3.88. The molecular weight excluding hydrogens is 376 g/mol. The number of rotatable bonds is 3. The standard InChI is InChI=1S/C20H18N4O3S/c25-19-14-10-24(7-6-16(14)22-20(28)23-19)9-13-2-1-3-15(21-13)12-4-5-17-18(8-12)27-11-26-17/h1-5,8H,6-7,9-11H2,(H2,22,23,25,28). The first-order valence-electron chi connectivity index (χ1n) is 9.08. The molecule has 0 saturated heterocycles. The van der Waals surface area contributed by atoms with Gasteiger partial charge in [-0.3, -0.25) is 19.7 Å². The number of fused-ring (bicyclic) bond motifs is 2. The summed E-state index contributed by atoms with van der Waals surface area (Å²) in [5.74, 6) is 1.50. The lowest BCUT2D eigenvalue weighted by Gasteiger charge is -2.27. The van der Waals surface area contributed by atoms with Gasteiger partial charge >= 0.3 is 0 Å². The molecule has 0 amide bonds. The Morgan fingerprint density at radius 1 is 1.14 bits per heavy atom. The predicted octanol–water partition coefficient (Wildman–Crippen LogP) is 2.78. The lowest BCUT2D eigenvalue weighted by atomic mass is 10.1. The molecule has 0 radical (unpaired) electrons. The van der Waals surface area contributed by atoms with E-state index in [0.29, 0.717) is 17.9 Å². The van der Waals surface area contributed by atoms with E-state index in [1.54, 1.807) is 0 Å². The predicted molar refractivity (Wildman–Crippen MR) is 106 cm³/mol. The van der Waals surface area contributed by atoms with Crippen molar-refractivity contribution in [3.05, 3.63) is 68.5 Å². The Hall–Kier alpha value is -2.97. The molecular formula is C20H18N4O3S. The minimum Gasteiger partial charge on any atom is -0.454 e. The van der Waals surface area contributed by atoms with Crippen LogP contribution < -0.4 is 15.0 Å². The summed E-state index contributed by atoms with van der Waals surface area (Å²) < 4.78 is 11.2. The molecule has 0 atom stereocenters. The van der Waals surface area contributed by atoms with Crippen molar-refractivity contribution in [1.29, 1.82) is 0 Å². The van der Waals surface area contributed by atoms with E-state index in [0.717, 1.165) is 52.7 Å². The molecule has 3 aromatic rings. The van der Waals surface area contributed by atoms with Crippen molar-refractivity contribution in [2.45, 2.75) is 19.5 Å². The molecule has 2 aliphatic heterocycles. The van der Waals surface area contributed by atoms with Crippen LogP contribution in [0.5, 0.6) is 11.5 Å². The Bertz CT molecular complexity index is 1170. The summed E-state index contributed by atoms with van der Waals surface area (Å²) in [5.41, 5.74) is 4.41. The minimum absolute atomic E-state index is 0.106. The van der Waals surface area contributed by atoms with Crippen LogP contribution in [-0.4, -0.2) is 33.2 Å². The van der Waals surface area contributed by atoms with Crippen LogP contribution in [0, 0.1) is 4.77 Å². The Balaban J connectivity index is 1.37. The van der Waals surface area contributed by atoms with Gasteiger partial charge in [0.05, 0.1) is 17.0 Å². The van der Waals surface area contributed by atoms with Gasteiger partial charge in [-0.2, -0.15) is 0 Å². The summed E-state index contributed by atoms with van der Waals surface area (Å²) in [6.45, 7) is 2.35. The van der Waals surface area contributed by atoms with Crippen LogP contribution in [0.15, 0.2) is 41.2 Å². The monoisotopic (exact) mass is 394 g/mol. The molecule has 0 aliphatic carbocycles. The molecule has 2 aromatic heterocycles. The second-order valence-corrected chi connectivity index (χ2v) is 7.32. The number of benzene rings is 1. The highest BCUT2D eigenvalue weighted by Gasteiger charge is 2.20. The number of pyridine rings is 1. The van der Waals surface area contributed by atoms with Gasteiger partial charge in [0.15, 0.2) is 16.3 Å². The topological polar surface area (TPSA) is 83.2 Å². The van der Waals surface area contributed by atoms with Crippen LogP contribution in [0.1, 0.15) is 17.0 Å². The molecule has 5 rings (SSSR count). The number of aromatic amines is 2. The number of ether oxygens (including phenoxy) is 2. The third-order valence-corrected chi connectivity index (χ3v) is 5.25. The maximum Gasteiger partial charge on any atom is 0.256 e. The van der Waals surface area contributed by atoms with Gasteiger partial charge in [-0.05, 0) is 42.5 Å². The van der Waals surface area contributed by atoms with Gasteiger partial charge < -0.3 is 14.5 Å². The van der Waals surface area contributed by atoms with E-state index in [4.69, 9.17) is 26.7 Å². The van der Waals surface area contributed by atoms with Gasteiger partial charge in [0, 0.05) is 37.3 Å². The summed E-state index contributed by atoms with van der Waals surface area (Å²) in [6, 6.07) is 11.8. The minimum atomic E-state index is -0.106. The zero-order chi connectivity index (χ0) is 19.1. The zero-order valence-corrected chi connectivity index (χ0v) is 15.8. The van der Waals surface area contributed by atoms with Gasteiger partial charge in [-0.1, -0.05) is 6.07 Å². The highest BCUT2D eigenvalue weighted by Crippen LogP contribution is 2.35. The highest BCUT2D eigenvalue weighted by atomic mass is 32.1. The normalized spacial score (nSPS) is 15.4. The molecule has 8 heteroatoms. The Morgan fingerprint density at radius 2 is 2.04 bits per heavy atom. The molecule has 0 spiro atoms. The quantitative estimate of drug-likeness (QED) is 0.665. The van der Waals surface area contributed by atoms with E-state index in [-0.39, 0.29) is 12.4 Å². The molecule has 4 heterocycles. The van der Waals surface area contributed by atoms with Gasteiger partial charge in [-0.15, -0.1) is 0 Å². The maximum absolute atomic E-state index is 12.2. The molecule has 2 N–H and O–H groups in total. The number of hydrogen-bond acceptors (Lipinski definition) is 6. The first kappa shape index (κ1) is 17.2. The lowest BCUT2D eigenvalue weighted by Crippen LogP contribution is -2.35. The van der Waals surface area contributed by atoms with Gasteiger partial charge in [0.2, 0.25) is 6.79 Å². The summed E-state index contributed by atoms with van der Waals surface area (Å²) in [5, 5.41) is 0. The zero-order valence-electron chi connectivity index (χ0n) is 15.0. The molecule has 28 heavy (non-hydrogen) atoms. The van der Waals surface area contributed by atoms with Crippen LogP contribution in [0.3, 0.4) is 0 Å². The lowest BCUT2D eigenvalue weighted by molar-refractivity contribution is 0.174. The summed E-state index contributed by atoms with van der Waals surface area (Å²) in [7, 11) is 0. The van der Waals surface area contributed by atoms with E-state index in [9.17, 15) is 4.79 Å². The van der Waals surface area contributed by atoms with Crippen molar-refractivity contribution in [3.8, 4) is 22.8 Å². The fraction of sp³-hybridized carbons (Fsp3) is 0.250. The van der Waals surface area contributed by atoms with E-state index in [2.05, 4.69) is 14.9 Å².